The molecule has 1 aromatic heterocycles. The number of nitrogens with zero attached hydrogens (tertiary/aromatic N) is 1. The Morgan fingerprint density at radius 1 is 1.37 bits per heavy atom. The van der Waals surface area contributed by atoms with Crippen molar-refractivity contribution in [1.82, 2.24) is 5.16 Å². The fourth-order valence-electron chi connectivity index (χ4n) is 1.60. The molecule has 0 spiro atoms. The Bertz CT molecular complexity index is 535. The predicted octanol–water partition coefficient (Wildman–Crippen LogP) is 3.48. The fourth-order valence-corrected chi connectivity index (χ4v) is 1.60. The number of ether oxygens (including phenoxy) is 1. The summed E-state index contributed by atoms with van der Waals surface area (Å²) in [5.74, 6) is 2.05. The molecule has 0 saturated carbocycles. The highest BCUT2D eigenvalue weighted by molar-refractivity contribution is 5.85. The van der Waals surface area contributed by atoms with Gasteiger partial charge in [-0.3, -0.25) is 5.32 Å². The molecule has 1 N–H and O–H groups in total. The number of amides is 1. The molecule has 1 heterocycles. The zero-order valence-electron chi connectivity index (χ0n) is 10.9. The van der Waals surface area contributed by atoms with Crippen molar-refractivity contribution < 1.29 is 14.1 Å². The first-order chi connectivity index (χ1) is 9.13. The molecular formula is C14H16N2O3. The molecule has 1 amide bonds. The number of carbonyl (C=O) groups is 1. The number of hydrogen-bond acceptors (Lipinski definition) is 4. The molecule has 2 rings (SSSR count). The van der Waals surface area contributed by atoms with E-state index in [0.29, 0.717) is 17.5 Å². The Kier molecular flexibility index (Phi) is 4.18. The van der Waals surface area contributed by atoms with Gasteiger partial charge in [0.2, 0.25) is 0 Å². The summed E-state index contributed by atoms with van der Waals surface area (Å²) >= 11 is 0. The lowest BCUT2D eigenvalue weighted by molar-refractivity contribution is 0.215. The van der Waals surface area contributed by atoms with Crippen LogP contribution in [0.15, 0.2) is 40.9 Å². The highest BCUT2D eigenvalue weighted by Crippen LogP contribution is 2.14. The highest BCUT2D eigenvalue weighted by atomic mass is 16.6. The average Bonchev–Trinajstić information content (AvgIpc) is 2.76. The molecule has 19 heavy (non-hydrogen) atoms. The minimum Gasteiger partial charge on any atom is -0.410 e. The fraction of sp³-hybridized carbons (Fsp3) is 0.286. The van der Waals surface area contributed by atoms with Gasteiger partial charge in [-0.1, -0.05) is 37.2 Å². The first-order valence-electron chi connectivity index (χ1n) is 6.13. The Morgan fingerprint density at radius 3 is 2.79 bits per heavy atom. The minimum atomic E-state index is -0.587. The molecule has 0 radical (unpaired) electrons. The van der Waals surface area contributed by atoms with Gasteiger partial charge in [0.05, 0.1) is 0 Å². The third kappa shape index (κ3) is 4.13. The van der Waals surface area contributed by atoms with Gasteiger partial charge < -0.3 is 9.26 Å². The first-order valence-corrected chi connectivity index (χ1v) is 6.13. The second kappa shape index (κ2) is 6.04. The number of carbonyl (C=O) groups excluding carboxylic acids is 1. The minimum absolute atomic E-state index is 0.358. The van der Waals surface area contributed by atoms with Crippen LogP contribution in [0.3, 0.4) is 0 Å². The van der Waals surface area contributed by atoms with Gasteiger partial charge in [0.25, 0.3) is 0 Å². The predicted molar refractivity (Wildman–Crippen MR) is 71.1 cm³/mol. The summed E-state index contributed by atoms with van der Waals surface area (Å²) in [6.07, 6.45) is 0.193. The summed E-state index contributed by atoms with van der Waals surface area (Å²) in [6, 6.07) is 10.5. The van der Waals surface area contributed by atoms with E-state index in [1.165, 1.54) is 0 Å². The lowest BCUT2D eigenvalue weighted by Gasteiger charge is -2.02. The quantitative estimate of drug-likeness (QED) is 0.914. The largest absolute Gasteiger partial charge is 0.418 e. The summed E-state index contributed by atoms with van der Waals surface area (Å²) < 4.78 is 10.2. The number of aromatic nitrogens is 1. The molecule has 0 unspecified atom stereocenters. The van der Waals surface area contributed by atoms with Crippen molar-refractivity contribution >= 4 is 11.9 Å². The van der Waals surface area contributed by atoms with Crippen LogP contribution >= 0.6 is 0 Å². The van der Waals surface area contributed by atoms with Crippen LogP contribution in [0.2, 0.25) is 0 Å². The third-order valence-electron chi connectivity index (χ3n) is 2.35. The highest BCUT2D eigenvalue weighted by Gasteiger charge is 2.10. The van der Waals surface area contributed by atoms with E-state index >= 15 is 0 Å². The SMILES string of the molecule is CC(C)Cc1cc(NC(=O)Oc2ccccc2)no1. The normalized spacial score (nSPS) is 10.5. The van der Waals surface area contributed by atoms with Gasteiger partial charge in [0, 0.05) is 12.5 Å². The van der Waals surface area contributed by atoms with E-state index in [2.05, 4.69) is 24.3 Å². The molecule has 0 aliphatic carbocycles. The Labute approximate surface area is 111 Å². The van der Waals surface area contributed by atoms with E-state index in [0.717, 1.165) is 12.2 Å². The van der Waals surface area contributed by atoms with Gasteiger partial charge in [-0.25, -0.2) is 4.79 Å². The van der Waals surface area contributed by atoms with Gasteiger partial charge in [-0.2, -0.15) is 0 Å². The molecule has 0 atom stereocenters. The van der Waals surface area contributed by atoms with E-state index in [4.69, 9.17) is 9.26 Å². The van der Waals surface area contributed by atoms with Crippen molar-refractivity contribution in [3.8, 4) is 5.75 Å². The maximum atomic E-state index is 11.6. The molecule has 0 aliphatic rings. The number of anilines is 1. The smallest absolute Gasteiger partial charge is 0.410 e. The molecule has 5 nitrogen and oxygen atoms in total. The van der Waals surface area contributed by atoms with E-state index in [-0.39, 0.29) is 0 Å². The van der Waals surface area contributed by atoms with Crippen molar-refractivity contribution in [2.45, 2.75) is 20.3 Å². The number of nitrogens with one attached hydrogen (secondary N) is 1. The van der Waals surface area contributed by atoms with E-state index in [9.17, 15) is 4.79 Å². The summed E-state index contributed by atoms with van der Waals surface area (Å²) in [5.41, 5.74) is 0. The number of para-hydroxylation sites is 1. The standard InChI is InChI=1S/C14H16N2O3/c1-10(2)8-12-9-13(16-19-12)15-14(17)18-11-6-4-3-5-7-11/h3-7,9-10H,8H2,1-2H3,(H,15,16,17). The van der Waals surface area contributed by atoms with Gasteiger partial charge in [-0.05, 0) is 18.1 Å². The van der Waals surface area contributed by atoms with Crippen LogP contribution in [0, 0.1) is 5.92 Å². The first kappa shape index (κ1) is 13.1. The average molecular weight is 260 g/mol. The van der Waals surface area contributed by atoms with Crippen LogP contribution in [0.1, 0.15) is 19.6 Å². The number of rotatable bonds is 4. The second-order valence-corrected chi connectivity index (χ2v) is 4.60. The third-order valence-corrected chi connectivity index (χ3v) is 2.35. The van der Waals surface area contributed by atoms with Gasteiger partial charge >= 0.3 is 6.09 Å². The van der Waals surface area contributed by atoms with E-state index in [1.54, 1.807) is 30.3 Å². The molecule has 0 bridgehead atoms. The molecule has 0 aliphatic heterocycles. The van der Waals surface area contributed by atoms with Crippen molar-refractivity contribution in [2.24, 2.45) is 5.92 Å². The van der Waals surface area contributed by atoms with Crippen molar-refractivity contribution in [3.63, 3.8) is 0 Å². The number of benzene rings is 1. The van der Waals surface area contributed by atoms with Gasteiger partial charge in [0.15, 0.2) is 5.82 Å². The second-order valence-electron chi connectivity index (χ2n) is 4.60. The van der Waals surface area contributed by atoms with Crippen LogP contribution in [0.25, 0.3) is 0 Å². The van der Waals surface area contributed by atoms with Crippen molar-refractivity contribution in [2.75, 3.05) is 5.32 Å². The lowest BCUT2D eigenvalue weighted by atomic mass is 10.1. The van der Waals surface area contributed by atoms with Crippen LogP contribution < -0.4 is 10.1 Å². The van der Waals surface area contributed by atoms with E-state index < -0.39 is 6.09 Å². The lowest BCUT2D eigenvalue weighted by Crippen LogP contribution is -2.16. The summed E-state index contributed by atoms with van der Waals surface area (Å²) in [4.78, 5) is 11.6. The summed E-state index contributed by atoms with van der Waals surface area (Å²) in [6.45, 7) is 4.17. The monoisotopic (exact) mass is 260 g/mol. The molecular weight excluding hydrogens is 244 g/mol. The molecule has 0 saturated heterocycles. The van der Waals surface area contributed by atoms with E-state index in [1.807, 2.05) is 6.07 Å². The molecule has 0 fully saturated rings. The maximum Gasteiger partial charge on any atom is 0.418 e. The topological polar surface area (TPSA) is 64.4 Å². The molecule has 2 aromatic rings. The Hall–Kier alpha value is -2.30. The summed E-state index contributed by atoms with van der Waals surface area (Å²) in [7, 11) is 0. The van der Waals surface area contributed by atoms with Crippen LogP contribution in [-0.2, 0) is 6.42 Å². The maximum absolute atomic E-state index is 11.6. The Morgan fingerprint density at radius 2 is 2.11 bits per heavy atom. The van der Waals surface area contributed by atoms with Crippen LogP contribution in [0.4, 0.5) is 10.6 Å². The number of hydrogen-bond donors (Lipinski definition) is 1. The Balaban J connectivity index is 1.90. The molecule has 5 heteroatoms. The van der Waals surface area contributed by atoms with Gasteiger partial charge in [-0.15, -0.1) is 0 Å². The molecule has 100 valence electrons. The zero-order valence-corrected chi connectivity index (χ0v) is 10.9. The molecule has 1 aromatic carbocycles. The van der Waals surface area contributed by atoms with Crippen molar-refractivity contribution in [3.05, 3.63) is 42.2 Å². The summed E-state index contributed by atoms with van der Waals surface area (Å²) in [5, 5.41) is 6.28. The van der Waals surface area contributed by atoms with Gasteiger partial charge in [0.1, 0.15) is 11.5 Å². The zero-order chi connectivity index (χ0) is 13.7. The van der Waals surface area contributed by atoms with Crippen LogP contribution in [0.5, 0.6) is 5.75 Å². The van der Waals surface area contributed by atoms with Crippen LogP contribution in [-0.4, -0.2) is 11.2 Å². The van der Waals surface area contributed by atoms with Crippen molar-refractivity contribution in [1.29, 1.82) is 0 Å².